The van der Waals surface area contributed by atoms with E-state index < -0.39 is 28.5 Å². The Morgan fingerprint density at radius 1 is 1.24 bits per heavy atom. The van der Waals surface area contributed by atoms with E-state index in [2.05, 4.69) is 5.32 Å². The highest BCUT2D eigenvalue weighted by atomic mass is 32.2. The predicted octanol–water partition coefficient (Wildman–Crippen LogP) is 2.16. The predicted molar refractivity (Wildman–Crippen MR) is 95.5 cm³/mol. The quantitative estimate of drug-likeness (QED) is 0.561. The molecule has 0 heterocycles. The molecule has 1 aromatic carbocycles. The zero-order valence-corrected chi connectivity index (χ0v) is 15.7. The van der Waals surface area contributed by atoms with Gasteiger partial charge >= 0.3 is 5.97 Å². The Morgan fingerprint density at radius 2 is 1.84 bits per heavy atom. The SMILES string of the molecule is CC/C=C/C(=O)OCC(=O)Nc1ccc(S(=O)(=O)N(C)C(C)C)cc1. The second kappa shape index (κ2) is 9.33. The Kier molecular flexibility index (Phi) is 7.79. The van der Waals surface area contributed by atoms with Crippen molar-refractivity contribution in [2.24, 2.45) is 0 Å². The van der Waals surface area contributed by atoms with E-state index in [0.29, 0.717) is 12.1 Å². The van der Waals surface area contributed by atoms with Gasteiger partial charge in [0.2, 0.25) is 10.0 Å². The number of sulfonamides is 1. The first kappa shape index (κ1) is 20.9. The van der Waals surface area contributed by atoms with Crippen LogP contribution in [0.4, 0.5) is 5.69 Å². The van der Waals surface area contributed by atoms with Crippen molar-refractivity contribution in [3.63, 3.8) is 0 Å². The fraction of sp³-hybridized carbons (Fsp3) is 0.412. The van der Waals surface area contributed by atoms with E-state index in [1.807, 2.05) is 6.92 Å². The Morgan fingerprint density at radius 3 is 2.36 bits per heavy atom. The molecule has 0 unspecified atom stereocenters. The minimum Gasteiger partial charge on any atom is -0.452 e. The minimum absolute atomic E-state index is 0.137. The van der Waals surface area contributed by atoms with E-state index in [4.69, 9.17) is 4.74 Å². The van der Waals surface area contributed by atoms with Crippen molar-refractivity contribution in [3.05, 3.63) is 36.4 Å². The molecule has 25 heavy (non-hydrogen) atoms. The zero-order valence-electron chi connectivity index (χ0n) is 14.9. The summed E-state index contributed by atoms with van der Waals surface area (Å²) in [6.07, 6.45) is 3.59. The Balaban J connectivity index is 2.67. The van der Waals surface area contributed by atoms with Crippen LogP contribution >= 0.6 is 0 Å². The largest absolute Gasteiger partial charge is 0.452 e. The molecule has 0 saturated heterocycles. The molecule has 0 spiro atoms. The lowest BCUT2D eigenvalue weighted by Gasteiger charge is -2.21. The van der Waals surface area contributed by atoms with Crippen LogP contribution in [0.25, 0.3) is 0 Å². The van der Waals surface area contributed by atoms with E-state index in [9.17, 15) is 18.0 Å². The third-order valence-corrected chi connectivity index (χ3v) is 5.43. The number of hydrogen-bond acceptors (Lipinski definition) is 5. The first-order chi connectivity index (χ1) is 11.7. The van der Waals surface area contributed by atoms with E-state index in [-0.39, 0.29) is 10.9 Å². The third-order valence-electron chi connectivity index (χ3n) is 3.38. The second-order valence-corrected chi connectivity index (χ2v) is 7.60. The number of benzene rings is 1. The average molecular weight is 368 g/mol. The number of allylic oxidation sites excluding steroid dienone is 1. The van der Waals surface area contributed by atoms with Crippen molar-refractivity contribution in [1.82, 2.24) is 4.31 Å². The number of rotatable bonds is 8. The lowest BCUT2D eigenvalue weighted by Crippen LogP contribution is -2.33. The van der Waals surface area contributed by atoms with Crippen LogP contribution in [0.5, 0.6) is 0 Å². The molecule has 0 radical (unpaired) electrons. The van der Waals surface area contributed by atoms with Gasteiger partial charge in [-0.25, -0.2) is 13.2 Å². The van der Waals surface area contributed by atoms with Crippen LogP contribution in [0.3, 0.4) is 0 Å². The molecule has 1 rings (SSSR count). The van der Waals surface area contributed by atoms with Crippen molar-refractivity contribution >= 4 is 27.6 Å². The summed E-state index contributed by atoms with van der Waals surface area (Å²) >= 11 is 0. The zero-order chi connectivity index (χ0) is 19.0. The molecule has 0 fully saturated rings. The lowest BCUT2D eigenvalue weighted by atomic mass is 10.3. The highest BCUT2D eigenvalue weighted by molar-refractivity contribution is 7.89. The number of nitrogens with one attached hydrogen (secondary N) is 1. The summed E-state index contributed by atoms with van der Waals surface area (Å²) in [4.78, 5) is 23.1. The first-order valence-electron chi connectivity index (χ1n) is 7.89. The van der Waals surface area contributed by atoms with Crippen molar-refractivity contribution in [3.8, 4) is 0 Å². The standard InChI is InChI=1S/C17H24N2O5S/c1-5-6-7-17(21)24-12-16(20)18-14-8-10-15(11-9-14)25(22,23)19(4)13(2)3/h6-11,13H,5,12H2,1-4H3,(H,18,20)/b7-6+. The van der Waals surface area contributed by atoms with Crippen LogP contribution in [-0.2, 0) is 24.3 Å². The summed E-state index contributed by atoms with van der Waals surface area (Å²) in [6.45, 7) is 5.02. The van der Waals surface area contributed by atoms with Crippen LogP contribution in [-0.4, -0.2) is 44.3 Å². The monoisotopic (exact) mass is 368 g/mol. The number of ether oxygens (including phenoxy) is 1. The van der Waals surface area contributed by atoms with Crippen LogP contribution in [0, 0.1) is 0 Å². The summed E-state index contributed by atoms with van der Waals surface area (Å²) in [5.74, 6) is -1.09. The summed E-state index contributed by atoms with van der Waals surface area (Å²) in [7, 11) is -2.06. The number of anilines is 1. The topological polar surface area (TPSA) is 92.8 Å². The van der Waals surface area contributed by atoms with Gasteiger partial charge in [0.1, 0.15) is 0 Å². The molecule has 0 saturated carbocycles. The Labute approximate surface area is 148 Å². The van der Waals surface area contributed by atoms with Gasteiger partial charge in [-0.15, -0.1) is 0 Å². The van der Waals surface area contributed by atoms with Gasteiger partial charge in [0, 0.05) is 24.9 Å². The average Bonchev–Trinajstić information content (AvgIpc) is 2.57. The Hall–Kier alpha value is -2.19. The van der Waals surface area contributed by atoms with E-state index in [1.165, 1.54) is 41.7 Å². The van der Waals surface area contributed by atoms with Gasteiger partial charge in [-0.05, 0) is 44.5 Å². The van der Waals surface area contributed by atoms with Crippen molar-refractivity contribution in [2.45, 2.75) is 38.1 Å². The summed E-state index contributed by atoms with van der Waals surface area (Å²) in [5.41, 5.74) is 0.413. The number of carbonyl (C=O) groups is 2. The molecule has 1 N–H and O–H groups in total. The highest BCUT2D eigenvalue weighted by Gasteiger charge is 2.22. The van der Waals surface area contributed by atoms with Crippen molar-refractivity contribution in [2.75, 3.05) is 19.0 Å². The molecule has 1 aromatic rings. The molecule has 0 aromatic heterocycles. The maximum absolute atomic E-state index is 12.3. The van der Waals surface area contributed by atoms with Crippen LogP contribution in [0.2, 0.25) is 0 Å². The molecule has 0 aliphatic carbocycles. The molecule has 0 aliphatic rings. The molecule has 1 amide bonds. The van der Waals surface area contributed by atoms with Crippen molar-refractivity contribution in [1.29, 1.82) is 0 Å². The highest BCUT2D eigenvalue weighted by Crippen LogP contribution is 2.19. The smallest absolute Gasteiger partial charge is 0.330 e. The number of amides is 1. The van der Waals surface area contributed by atoms with Gasteiger partial charge in [-0.1, -0.05) is 13.0 Å². The molecular formula is C17H24N2O5S. The summed E-state index contributed by atoms with van der Waals surface area (Å²) in [5, 5.41) is 2.54. The van der Waals surface area contributed by atoms with Gasteiger partial charge in [-0.2, -0.15) is 4.31 Å². The Bertz CT molecular complexity index is 724. The molecule has 0 bridgehead atoms. The lowest BCUT2D eigenvalue weighted by molar-refractivity contribution is -0.142. The normalized spacial score (nSPS) is 11.9. The first-order valence-corrected chi connectivity index (χ1v) is 9.33. The number of carbonyl (C=O) groups excluding carboxylic acids is 2. The second-order valence-electron chi connectivity index (χ2n) is 5.61. The minimum atomic E-state index is -3.57. The molecule has 8 heteroatoms. The summed E-state index contributed by atoms with van der Waals surface area (Å²) < 4.78 is 30.7. The number of esters is 1. The summed E-state index contributed by atoms with van der Waals surface area (Å²) in [6, 6.07) is 5.63. The van der Waals surface area contributed by atoms with Gasteiger partial charge in [0.25, 0.3) is 5.91 Å². The van der Waals surface area contributed by atoms with Crippen LogP contribution < -0.4 is 5.32 Å². The number of hydrogen-bond donors (Lipinski definition) is 1. The van der Waals surface area contributed by atoms with E-state index >= 15 is 0 Å². The molecule has 138 valence electrons. The van der Waals surface area contributed by atoms with Gasteiger partial charge in [0.05, 0.1) is 4.90 Å². The number of nitrogens with zero attached hydrogens (tertiary/aromatic N) is 1. The molecule has 7 nitrogen and oxygen atoms in total. The van der Waals surface area contributed by atoms with Crippen molar-refractivity contribution < 1.29 is 22.7 Å². The molecule has 0 aliphatic heterocycles. The van der Waals surface area contributed by atoms with Gasteiger partial charge in [0.15, 0.2) is 6.61 Å². The maximum Gasteiger partial charge on any atom is 0.330 e. The fourth-order valence-electron chi connectivity index (χ4n) is 1.75. The molecular weight excluding hydrogens is 344 g/mol. The van der Waals surface area contributed by atoms with E-state index in [0.717, 1.165) is 0 Å². The molecule has 0 atom stereocenters. The maximum atomic E-state index is 12.3. The van der Waals surface area contributed by atoms with Crippen LogP contribution in [0.1, 0.15) is 27.2 Å². The van der Waals surface area contributed by atoms with Gasteiger partial charge < -0.3 is 10.1 Å². The van der Waals surface area contributed by atoms with Gasteiger partial charge in [-0.3, -0.25) is 4.79 Å². The van der Waals surface area contributed by atoms with Crippen LogP contribution in [0.15, 0.2) is 41.3 Å². The fourth-order valence-corrected chi connectivity index (χ4v) is 3.12. The third kappa shape index (κ3) is 6.32. The van der Waals surface area contributed by atoms with E-state index in [1.54, 1.807) is 19.9 Å².